The largest absolute Gasteiger partial charge is 0.497 e. The summed E-state index contributed by atoms with van der Waals surface area (Å²) in [7, 11) is 1.61. The summed E-state index contributed by atoms with van der Waals surface area (Å²) in [5, 5.41) is 6.86. The van der Waals surface area contributed by atoms with Gasteiger partial charge >= 0.3 is 0 Å². The molecule has 3 aromatic carbocycles. The van der Waals surface area contributed by atoms with Crippen molar-refractivity contribution in [2.75, 3.05) is 19.0 Å². The van der Waals surface area contributed by atoms with Gasteiger partial charge in [0.05, 0.1) is 7.11 Å². The third-order valence-corrected chi connectivity index (χ3v) is 4.53. The van der Waals surface area contributed by atoms with Crippen molar-refractivity contribution < 1.29 is 18.8 Å². The molecule has 0 aliphatic carbocycles. The number of methoxy groups -OCH3 is 1. The highest BCUT2D eigenvalue weighted by Gasteiger charge is 2.12. The number of carbonyl (C=O) groups excluding carboxylic acids is 1. The first-order valence-electron chi connectivity index (χ1n) is 9.68. The fraction of sp³-hybridized carbons (Fsp3) is 0.125. The second-order valence-corrected chi connectivity index (χ2v) is 6.89. The van der Waals surface area contributed by atoms with E-state index in [9.17, 15) is 4.79 Å². The quantitative estimate of drug-likeness (QED) is 0.469. The van der Waals surface area contributed by atoms with Crippen molar-refractivity contribution in [3.8, 4) is 34.3 Å². The Kier molecular flexibility index (Phi) is 5.93. The molecule has 1 aromatic heterocycles. The van der Waals surface area contributed by atoms with Crippen molar-refractivity contribution in [2.45, 2.75) is 6.92 Å². The second kappa shape index (κ2) is 9.13. The van der Waals surface area contributed by atoms with E-state index in [2.05, 4.69) is 15.5 Å². The molecule has 0 saturated carbocycles. The Morgan fingerprint density at radius 1 is 0.968 bits per heavy atom. The fourth-order valence-electron chi connectivity index (χ4n) is 2.99. The lowest BCUT2D eigenvalue weighted by Crippen LogP contribution is -2.20. The molecule has 0 saturated heterocycles. The van der Waals surface area contributed by atoms with Crippen LogP contribution >= 0.6 is 0 Å². The zero-order valence-electron chi connectivity index (χ0n) is 17.2. The number of nitrogens with one attached hydrogen (secondary N) is 1. The summed E-state index contributed by atoms with van der Waals surface area (Å²) in [6.07, 6.45) is 0. The van der Waals surface area contributed by atoms with Gasteiger partial charge in [0.15, 0.2) is 6.61 Å². The van der Waals surface area contributed by atoms with Crippen molar-refractivity contribution >= 4 is 11.6 Å². The maximum atomic E-state index is 12.2. The lowest BCUT2D eigenvalue weighted by atomic mass is 10.2. The minimum atomic E-state index is -0.240. The first-order chi connectivity index (χ1) is 15.1. The number of aryl methyl sites for hydroxylation is 1. The molecule has 0 unspecified atom stereocenters. The van der Waals surface area contributed by atoms with Gasteiger partial charge in [0.1, 0.15) is 11.5 Å². The van der Waals surface area contributed by atoms with E-state index in [1.54, 1.807) is 25.3 Å². The van der Waals surface area contributed by atoms with Crippen LogP contribution in [0.5, 0.6) is 11.5 Å². The van der Waals surface area contributed by atoms with E-state index in [-0.39, 0.29) is 12.5 Å². The Bertz CT molecular complexity index is 1190. The summed E-state index contributed by atoms with van der Waals surface area (Å²) < 4.78 is 16.2. The van der Waals surface area contributed by atoms with E-state index >= 15 is 0 Å². The molecule has 0 aliphatic heterocycles. The molecule has 4 aromatic rings. The minimum Gasteiger partial charge on any atom is -0.497 e. The number of hydrogen-bond donors (Lipinski definition) is 1. The van der Waals surface area contributed by atoms with Crippen LogP contribution in [0.4, 0.5) is 5.69 Å². The summed E-state index contributed by atoms with van der Waals surface area (Å²) in [6, 6.07) is 22.1. The lowest BCUT2D eigenvalue weighted by molar-refractivity contribution is -0.118. The van der Waals surface area contributed by atoms with Crippen molar-refractivity contribution in [3.05, 3.63) is 78.4 Å². The maximum absolute atomic E-state index is 12.2. The summed E-state index contributed by atoms with van der Waals surface area (Å²) in [4.78, 5) is 16.6. The van der Waals surface area contributed by atoms with Gasteiger partial charge in [-0.15, -0.1) is 0 Å². The van der Waals surface area contributed by atoms with Gasteiger partial charge in [0.25, 0.3) is 11.8 Å². The Balaban J connectivity index is 1.41. The molecular formula is C24H21N3O4. The van der Waals surface area contributed by atoms with Crippen LogP contribution in [0.2, 0.25) is 0 Å². The van der Waals surface area contributed by atoms with Crippen LogP contribution in [-0.2, 0) is 4.79 Å². The third-order valence-electron chi connectivity index (χ3n) is 4.53. The Hall–Kier alpha value is -4.13. The van der Waals surface area contributed by atoms with E-state index < -0.39 is 0 Å². The first-order valence-corrected chi connectivity index (χ1v) is 9.68. The molecule has 0 spiro atoms. The highest BCUT2D eigenvalue weighted by atomic mass is 16.5. The minimum absolute atomic E-state index is 0.113. The Morgan fingerprint density at radius 3 is 2.55 bits per heavy atom. The van der Waals surface area contributed by atoms with Gasteiger partial charge < -0.3 is 19.3 Å². The van der Waals surface area contributed by atoms with E-state index in [1.807, 2.05) is 61.5 Å². The van der Waals surface area contributed by atoms with Crippen LogP contribution in [-0.4, -0.2) is 29.8 Å². The molecular weight excluding hydrogens is 394 g/mol. The molecule has 31 heavy (non-hydrogen) atoms. The molecule has 7 nitrogen and oxygen atoms in total. The van der Waals surface area contributed by atoms with Gasteiger partial charge in [-0.25, -0.2) is 0 Å². The van der Waals surface area contributed by atoms with Crippen LogP contribution in [0.1, 0.15) is 5.56 Å². The van der Waals surface area contributed by atoms with E-state index in [1.165, 1.54) is 0 Å². The summed E-state index contributed by atoms with van der Waals surface area (Å²) in [5.74, 6) is 1.88. The predicted molar refractivity (Wildman–Crippen MR) is 117 cm³/mol. The number of rotatable bonds is 7. The Labute approximate surface area is 179 Å². The average Bonchev–Trinajstić information content (AvgIpc) is 3.28. The maximum Gasteiger partial charge on any atom is 0.262 e. The molecule has 7 heteroatoms. The molecule has 1 heterocycles. The van der Waals surface area contributed by atoms with E-state index in [0.29, 0.717) is 23.0 Å². The van der Waals surface area contributed by atoms with Crippen LogP contribution in [0, 0.1) is 6.92 Å². The molecule has 1 amide bonds. The second-order valence-electron chi connectivity index (χ2n) is 6.89. The van der Waals surface area contributed by atoms with Gasteiger partial charge in [-0.05, 0) is 67.1 Å². The van der Waals surface area contributed by atoms with Crippen molar-refractivity contribution in [3.63, 3.8) is 0 Å². The molecule has 4 rings (SSSR count). The number of aromatic nitrogens is 2. The number of ether oxygens (including phenoxy) is 2. The summed E-state index contributed by atoms with van der Waals surface area (Å²) in [5.41, 5.74) is 3.32. The van der Waals surface area contributed by atoms with Crippen LogP contribution in [0.15, 0.2) is 77.3 Å². The van der Waals surface area contributed by atoms with Gasteiger partial charge in [-0.1, -0.05) is 23.4 Å². The molecule has 0 bridgehead atoms. The summed E-state index contributed by atoms with van der Waals surface area (Å²) >= 11 is 0. The summed E-state index contributed by atoms with van der Waals surface area (Å²) in [6.45, 7) is 1.85. The van der Waals surface area contributed by atoms with Crippen molar-refractivity contribution in [1.82, 2.24) is 10.1 Å². The van der Waals surface area contributed by atoms with E-state index in [4.69, 9.17) is 14.0 Å². The van der Waals surface area contributed by atoms with Crippen molar-refractivity contribution in [1.29, 1.82) is 0 Å². The first kappa shape index (κ1) is 20.2. The molecule has 0 radical (unpaired) electrons. The van der Waals surface area contributed by atoms with Gasteiger partial charge in [0.2, 0.25) is 5.82 Å². The number of anilines is 1. The molecule has 0 aliphatic rings. The van der Waals surface area contributed by atoms with Crippen LogP contribution in [0.3, 0.4) is 0 Å². The molecule has 156 valence electrons. The van der Waals surface area contributed by atoms with Gasteiger partial charge in [0, 0.05) is 16.8 Å². The zero-order chi connectivity index (χ0) is 21.6. The number of nitrogens with zero attached hydrogens (tertiary/aromatic N) is 2. The predicted octanol–water partition coefficient (Wildman–Crippen LogP) is 4.74. The highest BCUT2D eigenvalue weighted by Crippen LogP contribution is 2.26. The monoisotopic (exact) mass is 415 g/mol. The van der Waals surface area contributed by atoms with Gasteiger partial charge in [-0.3, -0.25) is 4.79 Å². The number of hydrogen-bond acceptors (Lipinski definition) is 6. The topological polar surface area (TPSA) is 86.5 Å². The van der Waals surface area contributed by atoms with Gasteiger partial charge in [-0.2, -0.15) is 4.98 Å². The number of benzene rings is 3. The van der Waals surface area contributed by atoms with Crippen LogP contribution < -0.4 is 14.8 Å². The standard InChI is InChI=1S/C24H21N3O4/c1-16-5-3-7-19(13-16)25-22(28)15-30-21-8-4-6-18(14-21)24-26-23(27-31-24)17-9-11-20(29-2)12-10-17/h3-14H,15H2,1-2H3,(H,25,28). The van der Waals surface area contributed by atoms with Crippen LogP contribution in [0.25, 0.3) is 22.8 Å². The lowest BCUT2D eigenvalue weighted by Gasteiger charge is -2.08. The molecule has 1 N–H and O–H groups in total. The molecule has 0 atom stereocenters. The smallest absolute Gasteiger partial charge is 0.262 e. The van der Waals surface area contributed by atoms with Crippen molar-refractivity contribution in [2.24, 2.45) is 0 Å². The highest BCUT2D eigenvalue weighted by molar-refractivity contribution is 5.91. The SMILES string of the molecule is COc1ccc(-c2noc(-c3cccc(OCC(=O)Nc4cccc(C)c4)c3)n2)cc1. The number of amides is 1. The Morgan fingerprint density at radius 2 is 1.77 bits per heavy atom. The fourth-order valence-corrected chi connectivity index (χ4v) is 2.99. The third kappa shape index (κ3) is 5.08. The number of carbonyl (C=O) groups is 1. The molecule has 0 fully saturated rings. The van der Waals surface area contributed by atoms with E-state index in [0.717, 1.165) is 22.6 Å². The normalized spacial score (nSPS) is 10.5. The average molecular weight is 415 g/mol. The zero-order valence-corrected chi connectivity index (χ0v) is 17.2.